The van der Waals surface area contributed by atoms with Gasteiger partial charge in [-0.25, -0.2) is 4.98 Å². The number of rotatable bonds is 6. The maximum Gasteiger partial charge on any atom is 0.204 e. The first-order valence-electron chi connectivity index (χ1n) is 6.61. The van der Waals surface area contributed by atoms with Gasteiger partial charge in [-0.1, -0.05) is 12.1 Å². The summed E-state index contributed by atoms with van der Waals surface area (Å²) in [7, 11) is 7.72. The fraction of sp³-hybridized carbons (Fsp3) is 0.400. The van der Waals surface area contributed by atoms with Gasteiger partial charge in [0.2, 0.25) is 5.95 Å². The molecule has 1 N–H and O–H groups in total. The van der Waals surface area contributed by atoms with Crippen LogP contribution in [0.15, 0.2) is 30.5 Å². The Morgan fingerprint density at radius 1 is 1.35 bits per heavy atom. The Morgan fingerprint density at radius 3 is 2.80 bits per heavy atom. The van der Waals surface area contributed by atoms with Crippen molar-refractivity contribution >= 4 is 11.6 Å². The van der Waals surface area contributed by atoms with Crippen LogP contribution < -0.4 is 10.2 Å². The van der Waals surface area contributed by atoms with E-state index in [0.29, 0.717) is 6.61 Å². The lowest BCUT2D eigenvalue weighted by Crippen LogP contribution is -2.15. The van der Waals surface area contributed by atoms with Crippen molar-refractivity contribution < 1.29 is 4.74 Å². The number of imidazole rings is 1. The molecular weight excluding hydrogens is 252 g/mol. The Morgan fingerprint density at radius 2 is 2.15 bits per heavy atom. The van der Waals surface area contributed by atoms with Crippen molar-refractivity contribution in [3.8, 4) is 0 Å². The maximum absolute atomic E-state index is 5.15. The Balaban J connectivity index is 2.03. The lowest BCUT2D eigenvalue weighted by molar-refractivity contribution is 0.185. The first-order valence-corrected chi connectivity index (χ1v) is 6.61. The Hall–Kier alpha value is -2.01. The summed E-state index contributed by atoms with van der Waals surface area (Å²) in [6, 6.07) is 8.25. The fourth-order valence-corrected chi connectivity index (χ4v) is 2.14. The normalized spacial score (nSPS) is 10.6. The summed E-state index contributed by atoms with van der Waals surface area (Å²) in [4.78, 5) is 6.41. The molecule has 5 heteroatoms. The SMILES string of the molecule is COCc1cccc(NCc2cnc(N(C)C)n2C)c1. The third-order valence-electron chi connectivity index (χ3n) is 3.17. The minimum atomic E-state index is 0.631. The van der Waals surface area contributed by atoms with Crippen molar-refractivity contribution in [3.05, 3.63) is 41.7 Å². The molecule has 0 atom stereocenters. The van der Waals surface area contributed by atoms with Gasteiger partial charge in [-0.05, 0) is 17.7 Å². The van der Waals surface area contributed by atoms with Gasteiger partial charge >= 0.3 is 0 Å². The van der Waals surface area contributed by atoms with E-state index in [1.165, 1.54) is 0 Å². The van der Waals surface area contributed by atoms with Gasteiger partial charge in [-0.2, -0.15) is 0 Å². The lowest BCUT2D eigenvalue weighted by atomic mass is 10.2. The molecule has 0 unspecified atom stereocenters. The molecule has 1 aromatic carbocycles. The van der Waals surface area contributed by atoms with Gasteiger partial charge in [0.25, 0.3) is 0 Å². The van der Waals surface area contributed by atoms with Crippen LogP contribution in [0, 0.1) is 0 Å². The van der Waals surface area contributed by atoms with Crippen LogP contribution in [0.2, 0.25) is 0 Å². The van der Waals surface area contributed by atoms with Gasteiger partial charge in [-0.3, -0.25) is 0 Å². The topological polar surface area (TPSA) is 42.3 Å². The first kappa shape index (κ1) is 14.4. The second-order valence-corrected chi connectivity index (χ2v) is 4.99. The van der Waals surface area contributed by atoms with Gasteiger partial charge < -0.3 is 19.5 Å². The molecule has 0 fully saturated rings. The minimum absolute atomic E-state index is 0.631. The highest BCUT2D eigenvalue weighted by Crippen LogP contribution is 2.15. The summed E-state index contributed by atoms with van der Waals surface area (Å²) in [5.41, 5.74) is 3.40. The third kappa shape index (κ3) is 3.30. The highest BCUT2D eigenvalue weighted by atomic mass is 16.5. The largest absolute Gasteiger partial charge is 0.380 e. The maximum atomic E-state index is 5.15. The number of nitrogens with one attached hydrogen (secondary N) is 1. The quantitative estimate of drug-likeness (QED) is 0.877. The average Bonchev–Trinajstić information content (AvgIpc) is 2.79. The van der Waals surface area contributed by atoms with E-state index in [1.54, 1.807) is 7.11 Å². The first-order chi connectivity index (χ1) is 9.61. The van der Waals surface area contributed by atoms with Gasteiger partial charge in [0.1, 0.15) is 0 Å². The third-order valence-corrected chi connectivity index (χ3v) is 3.17. The van der Waals surface area contributed by atoms with Crippen LogP contribution in [0.4, 0.5) is 11.6 Å². The van der Waals surface area contributed by atoms with Crippen molar-refractivity contribution in [1.29, 1.82) is 0 Å². The number of hydrogen-bond donors (Lipinski definition) is 1. The molecule has 2 rings (SSSR count). The Kier molecular flexibility index (Phi) is 4.63. The number of hydrogen-bond acceptors (Lipinski definition) is 4. The van der Waals surface area contributed by atoms with E-state index in [4.69, 9.17) is 4.74 Å². The van der Waals surface area contributed by atoms with E-state index in [-0.39, 0.29) is 0 Å². The Labute approximate surface area is 120 Å². The number of anilines is 2. The zero-order valence-electron chi connectivity index (χ0n) is 12.6. The summed E-state index contributed by atoms with van der Waals surface area (Å²) in [5.74, 6) is 0.954. The molecule has 1 aromatic heterocycles. The molecule has 1 heterocycles. The molecule has 0 bridgehead atoms. The predicted octanol–water partition coefficient (Wildman–Crippen LogP) is 2.24. The predicted molar refractivity (Wildman–Crippen MR) is 82.0 cm³/mol. The molecule has 0 radical (unpaired) electrons. The molecule has 5 nitrogen and oxygen atoms in total. The monoisotopic (exact) mass is 274 g/mol. The molecule has 108 valence electrons. The standard InChI is InChI=1S/C15H22N4O/c1-18(2)15-17-10-14(19(15)3)9-16-13-7-5-6-12(8-13)11-20-4/h5-8,10,16H,9,11H2,1-4H3. The molecule has 0 aliphatic carbocycles. The van der Waals surface area contributed by atoms with Crippen molar-refractivity contribution in [2.24, 2.45) is 7.05 Å². The zero-order chi connectivity index (χ0) is 14.5. The number of aromatic nitrogens is 2. The van der Waals surface area contributed by atoms with Crippen LogP contribution >= 0.6 is 0 Å². The number of ether oxygens (including phenoxy) is 1. The Bertz CT molecular complexity index is 563. The van der Waals surface area contributed by atoms with Crippen LogP contribution in [0.5, 0.6) is 0 Å². The molecular formula is C15H22N4O. The van der Waals surface area contributed by atoms with Crippen molar-refractivity contribution in [2.45, 2.75) is 13.2 Å². The highest BCUT2D eigenvalue weighted by molar-refractivity contribution is 5.46. The zero-order valence-corrected chi connectivity index (χ0v) is 12.6. The van der Waals surface area contributed by atoms with E-state index in [1.807, 2.05) is 38.3 Å². The van der Waals surface area contributed by atoms with Gasteiger partial charge in [0.15, 0.2) is 0 Å². The summed E-state index contributed by atoms with van der Waals surface area (Å²) in [6.45, 7) is 1.37. The van der Waals surface area contributed by atoms with Crippen molar-refractivity contribution in [2.75, 3.05) is 31.4 Å². The molecule has 2 aromatic rings. The molecule has 0 saturated carbocycles. The summed E-state index contributed by atoms with van der Waals surface area (Å²) < 4.78 is 7.24. The van der Waals surface area contributed by atoms with Crippen molar-refractivity contribution in [3.63, 3.8) is 0 Å². The number of benzene rings is 1. The van der Waals surface area contributed by atoms with E-state index in [0.717, 1.165) is 29.4 Å². The van der Waals surface area contributed by atoms with E-state index in [9.17, 15) is 0 Å². The van der Waals surface area contributed by atoms with Crippen molar-refractivity contribution in [1.82, 2.24) is 9.55 Å². The fourth-order valence-electron chi connectivity index (χ4n) is 2.14. The van der Waals surface area contributed by atoms with Crippen LogP contribution in [0.25, 0.3) is 0 Å². The van der Waals surface area contributed by atoms with E-state index >= 15 is 0 Å². The molecule has 20 heavy (non-hydrogen) atoms. The van der Waals surface area contributed by atoms with Crippen LogP contribution in [0.3, 0.4) is 0 Å². The summed E-state index contributed by atoms with van der Waals surface area (Å²) in [5, 5.41) is 3.42. The summed E-state index contributed by atoms with van der Waals surface area (Å²) >= 11 is 0. The van der Waals surface area contributed by atoms with Gasteiger partial charge in [0, 0.05) is 33.9 Å². The minimum Gasteiger partial charge on any atom is -0.380 e. The van der Waals surface area contributed by atoms with Crippen LogP contribution in [0.1, 0.15) is 11.3 Å². The van der Waals surface area contributed by atoms with Crippen LogP contribution in [-0.2, 0) is 24.9 Å². The highest BCUT2D eigenvalue weighted by Gasteiger charge is 2.07. The van der Waals surface area contributed by atoms with Crippen LogP contribution in [-0.4, -0.2) is 30.8 Å². The molecule has 0 aliphatic rings. The molecule has 0 spiro atoms. The molecule has 0 amide bonds. The van der Waals surface area contributed by atoms with E-state index in [2.05, 4.69) is 33.1 Å². The average molecular weight is 274 g/mol. The van der Waals surface area contributed by atoms with E-state index < -0.39 is 0 Å². The number of methoxy groups -OCH3 is 1. The summed E-state index contributed by atoms with van der Waals surface area (Å²) in [6.07, 6.45) is 1.90. The molecule has 0 aliphatic heterocycles. The number of nitrogens with zero attached hydrogens (tertiary/aromatic N) is 3. The second kappa shape index (κ2) is 6.43. The lowest BCUT2D eigenvalue weighted by Gasteiger charge is -2.13. The smallest absolute Gasteiger partial charge is 0.204 e. The van der Waals surface area contributed by atoms with Gasteiger partial charge in [0.05, 0.1) is 25.0 Å². The second-order valence-electron chi connectivity index (χ2n) is 4.99. The van der Waals surface area contributed by atoms with Gasteiger partial charge in [-0.15, -0.1) is 0 Å². The molecule has 0 saturated heterocycles.